The van der Waals surface area contributed by atoms with Gasteiger partial charge in [0.05, 0.1) is 18.5 Å². The van der Waals surface area contributed by atoms with E-state index in [9.17, 15) is 19.1 Å². The van der Waals surface area contributed by atoms with Crippen molar-refractivity contribution in [3.05, 3.63) is 17.2 Å². The maximum atomic E-state index is 15.1. The first-order valence-electron chi connectivity index (χ1n) is 11.1. The van der Waals surface area contributed by atoms with Gasteiger partial charge in [0.1, 0.15) is 18.3 Å². The third-order valence-corrected chi connectivity index (χ3v) is 10.4. The summed E-state index contributed by atoms with van der Waals surface area (Å²) < 4.78 is 49.5. The molecule has 3 fully saturated rings. The van der Waals surface area contributed by atoms with Crippen molar-refractivity contribution in [2.75, 3.05) is 30.5 Å². The van der Waals surface area contributed by atoms with E-state index in [0.29, 0.717) is 23.3 Å². The van der Waals surface area contributed by atoms with Crippen molar-refractivity contribution in [1.29, 1.82) is 0 Å². The normalized spacial score (nSPS) is 32.9. The molecule has 7 atom stereocenters. The van der Waals surface area contributed by atoms with Crippen LogP contribution in [0.3, 0.4) is 0 Å². The standard InChI is InChI=1S/C18H25ClFN5O8P2/c19-18-22-17(24-5-9-2-1-3-10(9)6-24)16-21-4-11(25(16)23-18)15-13(20)14(26)12(33-15)7-32-35(30,31)8-34(27,28)29/h4,9-10,12-15,26H,1-3,5-8H2,(H,30,31)(H2,27,28,29)/t9?,10?,12-,13+,14?,15+/m1/s1. The predicted octanol–water partition coefficient (Wildman–Crippen LogP) is 1.49. The minimum Gasteiger partial charge on any atom is -0.387 e. The number of halogens is 2. The summed E-state index contributed by atoms with van der Waals surface area (Å²) in [6.45, 7) is 0.866. The zero-order valence-electron chi connectivity index (χ0n) is 18.3. The number of hydrogen-bond acceptors (Lipinski definition) is 9. The van der Waals surface area contributed by atoms with Crippen LogP contribution in [0.15, 0.2) is 6.20 Å². The minimum atomic E-state index is -4.84. The second-order valence-electron chi connectivity index (χ2n) is 9.25. The van der Waals surface area contributed by atoms with Crippen LogP contribution in [-0.4, -0.2) is 83.3 Å². The SMILES string of the molecule is O=P(O)(O)CP(=O)(O)OC[C@H]1O[C@@H](c2cnc3c(N4CC5CCCC5C4)nc(Cl)nn23)[C@@H](F)C1O. The summed E-state index contributed by atoms with van der Waals surface area (Å²) in [5.74, 6) is 0.277. The molecule has 2 aliphatic heterocycles. The van der Waals surface area contributed by atoms with Crippen molar-refractivity contribution in [2.45, 2.75) is 43.7 Å². The van der Waals surface area contributed by atoms with Gasteiger partial charge < -0.3 is 33.9 Å². The fourth-order valence-corrected chi connectivity index (χ4v) is 7.96. The van der Waals surface area contributed by atoms with Crippen LogP contribution in [0.5, 0.6) is 0 Å². The molecule has 35 heavy (non-hydrogen) atoms. The minimum absolute atomic E-state index is 0.0729. The molecule has 2 saturated heterocycles. The van der Waals surface area contributed by atoms with E-state index >= 15 is 4.39 Å². The van der Waals surface area contributed by atoms with Crippen LogP contribution in [0.4, 0.5) is 10.2 Å². The Bertz CT molecular complexity index is 1200. The Balaban J connectivity index is 1.36. The number of imidazole rings is 1. The summed E-state index contributed by atoms with van der Waals surface area (Å²) in [5.41, 5.74) is 0.511. The van der Waals surface area contributed by atoms with E-state index in [1.165, 1.54) is 17.1 Å². The zero-order valence-corrected chi connectivity index (χ0v) is 20.8. The summed E-state index contributed by atoms with van der Waals surface area (Å²) in [4.78, 5) is 38.3. The van der Waals surface area contributed by atoms with E-state index in [0.717, 1.165) is 25.9 Å². The van der Waals surface area contributed by atoms with Gasteiger partial charge in [-0.2, -0.15) is 4.98 Å². The molecule has 0 radical (unpaired) electrons. The molecular weight excluding hydrogens is 531 g/mol. The Morgan fingerprint density at radius 3 is 2.57 bits per heavy atom. The highest BCUT2D eigenvalue weighted by Gasteiger charge is 2.48. The molecule has 3 aliphatic rings. The van der Waals surface area contributed by atoms with Gasteiger partial charge in [-0.15, -0.1) is 5.10 Å². The van der Waals surface area contributed by atoms with Crippen LogP contribution in [0.25, 0.3) is 5.65 Å². The van der Waals surface area contributed by atoms with E-state index in [2.05, 4.69) is 20.0 Å². The van der Waals surface area contributed by atoms with Crippen LogP contribution in [0, 0.1) is 11.8 Å². The number of aliphatic hydroxyl groups is 1. The number of aliphatic hydroxyl groups excluding tert-OH is 1. The molecule has 0 bridgehead atoms. The highest BCUT2D eigenvalue weighted by Crippen LogP contribution is 2.55. The molecule has 13 nitrogen and oxygen atoms in total. The highest BCUT2D eigenvalue weighted by atomic mass is 35.5. The Hall–Kier alpha value is -1.21. The summed E-state index contributed by atoms with van der Waals surface area (Å²) in [6, 6.07) is 0. The fourth-order valence-electron chi connectivity index (χ4n) is 5.24. The Labute approximate surface area is 203 Å². The molecule has 4 heterocycles. The maximum Gasteiger partial charge on any atom is 0.340 e. The second kappa shape index (κ2) is 9.27. The Morgan fingerprint density at radius 1 is 1.23 bits per heavy atom. The summed E-state index contributed by atoms with van der Waals surface area (Å²) in [7, 11) is -9.54. The summed E-state index contributed by atoms with van der Waals surface area (Å²) >= 11 is 6.18. The van der Waals surface area contributed by atoms with Crippen molar-refractivity contribution in [1.82, 2.24) is 19.6 Å². The van der Waals surface area contributed by atoms with E-state index in [4.69, 9.17) is 30.6 Å². The van der Waals surface area contributed by atoms with E-state index in [1.807, 2.05) is 0 Å². The first-order valence-corrected chi connectivity index (χ1v) is 15.0. The average Bonchev–Trinajstić information content (AvgIpc) is 3.49. The van der Waals surface area contributed by atoms with Crippen LogP contribution in [0.2, 0.25) is 5.28 Å². The zero-order chi connectivity index (χ0) is 25.1. The molecule has 4 N–H and O–H groups in total. The molecule has 4 unspecified atom stereocenters. The lowest BCUT2D eigenvalue weighted by Gasteiger charge is -2.19. The van der Waals surface area contributed by atoms with Gasteiger partial charge in [-0.25, -0.2) is 13.9 Å². The topological polar surface area (TPSA) is 180 Å². The van der Waals surface area contributed by atoms with Gasteiger partial charge >= 0.3 is 15.2 Å². The quantitative estimate of drug-likeness (QED) is 0.362. The largest absolute Gasteiger partial charge is 0.387 e. The average molecular weight is 556 g/mol. The number of nitrogens with zero attached hydrogens (tertiary/aromatic N) is 5. The molecule has 0 amide bonds. The summed E-state index contributed by atoms with van der Waals surface area (Å²) in [5, 5.41) is 14.4. The third kappa shape index (κ3) is 5.14. The van der Waals surface area contributed by atoms with Crippen LogP contribution in [0.1, 0.15) is 31.1 Å². The number of alkyl halides is 1. The Kier molecular flexibility index (Phi) is 6.74. The molecule has 1 aliphatic carbocycles. The van der Waals surface area contributed by atoms with Crippen LogP contribution < -0.4 is 4.90 Å². The lowest BCUT2D eigenvalue weighted by molar-refractivity contribution is -0.0199. The summed E-state index contributed by atoms with van der Waals surface area (Å²) in [6.07, 6.45) is -1.57. The van der Waals surface area contributed by atoms with Gasteiger partial charge in [0.2, 0.25) is 5.28 Å². The van der Waals surface area contributed by atoms with Crippen LogP contribution >= 0.6 is 26.8 Å². The van der Waals surface area contributed by atoms with Gasteiger partial charge in [0.15, 0.2) is 23.5 Å². The first kappa shape index (κ1) is 25.4. The number of rotatable bonds is 7. The molecule has 0 aromatic carbocycles. The molecule has 5 rings (SSSR count). The van der Waals surface area contributed by atoms with Gasteiger partial charge in [0, 0.05) is 13.1 Å². The molecule has 2 aromatic heterocycles. The number of aromatic nitrogens is 4. The van der Waals surface area contributed by atoms with Crippen molar-refractivity contribution < 1.29 is 42.6 Å². The predicted molar refractivity (Wildman–Crippen MR) is 120 cm³/mol. The van der Waals surface area contributed by atoms with Gasteiger partial charge in [0.25, 0.3) is 0 Å². The van der Waals surface area contributed by atoms with E-state index < -0.39 is 52.2 Å². The van der Waals surface area contributed by atoms with Crippen LogP contribution in [-0.2, 0) is 18.4 Å². The second-order valence-corrected chi connectivity index (χ2v) is 13.6. The molecule has 194 valence electrons. The van der Waals surface area contributed by atoms with Gasteiger partial charge in [-0.1, -0.05) is 6.42 Å². The van der Waals surface area contributed by atoms with Crippen molar-refractivity contribution in [3.63, 3.8) is 0 Å². The molecular formula is C18H25ClFN5O8P2. The Morgan fingerprint density at radius 2 is 1.91 bits per heavy atom. The molecule has 17 heteroatoms. The van der Waals surface area contributed by atoms with Crippen molar-refractivity contribution in [2.24, 2.45) is 11.8 Å². The lowest BCUT2D eigenvalue weighted by Crippen LogP contribution is -2.31. The third-order valence-electron chi connectivity index (χ3n) is 6.78. The number of hydrogen-bond donors (Lipinski definition) is 4. The highest BCUT2D eigenvalue weighted by molar-refractivity contribution is 7.70. The van der Waals surface area contributed by atoms with E-state index in [1.54, 1.807) is 0 Å². The maximum absolute atomic E-state index is 15.1. The van der Waals surface area contributed by atoms with Gasteiger partial charge in [-0.3, -0.25) is 9.13 Å². The number of anilines is 1. The number of fused-ring (bicyclic) bond motifs is 2. The lowest BCUT2D eigenvalue weighted by atomic mass is 10.0. The first-order chi connectivity index (χ1) is 16.4. The molecule has 2 aromatic rings. The van der Waals surface area contributed by atoms with Gasteiger partial charge in [-0.05, 0) is 36.3 Å². The van der Waals surface area contributed by atoms with E-state index in [-0.39, 0.29) is 11.0 Å². The number of ether oxygens (including phenoxy) is 1. The van der Waals surface area contributed by atoms with Crippen molar-refractivity contribution >= 4 is 38.3 Å². The molecule has 1 saturated carbocycles. The molecule has 0 spiro atoms. The van der Waals surface area contributed by atoms with Crippen molar-refractivity contribution in [3.8, 4) is 0 Å². The fraction of sp³-hybridized carbons (Fsp3) is 0.722. The monoisotopic (exact) mass is 555 g/mol. The smallest absolute Gasteiger partial charge is 0.340 e.